The van der Waals surface area contributed by atoms with Crippen LogP contribution in [0, 0.1) is 0 Å². The Morgan fingerprint density at radius 3 is 2.65 bits per heavy atom. The normalized spacial score (nSPS) is 24.7. The highest BCUT2D eigenvalue weighted by Crippen LogP contribution is 2.27. The SMILES string of the molecule is COc1ccc2c(OCCCCCOC(=O)CO[C@H]3[C@H](O)[C@@H](CO)OC(O)[C@@H]3O)ccnc2c1. The van der Waals surface area contributed by atoms with Crippen molar-refractivity contribution in [1.29, 1.82) is 0 Å². The quantitative estimate of drug-likeness (QED) is 0.242. The topological polar surface area (TPSA) is 157 Å². The molecule has 188 valence electrons. The Morgan fingerprint density at radius 1 is 1.09 bits per heavy atom. The second-order valence-corrected chi connectivity index (χ2v) is 7.83. The van der Waals surface area contributed by atoms with Gasteiger partial charge in [0.15, 0.2) is 6.29 Å². The highest BCUT2D eigenvalue weighted by molar-refractivity contribution is 5.85. The average molecular weight is 481 g/mol. The van der Waals surface area contributed by atoms with E-state index in [1.54, 1.807) is 13.3 Å². The van der Waals surface area contributed by atoms with E-state index in [0.29, 0.717) is 13.0 Å². The van der Waals surface area contributed by atoms with Crippen LogP contribution in [0.2, 0.25) is 0 Å². The van der Waals surface area contributed by atoms with E-state index >= 15 is 0 Å². The Balaban J connectivity index is 1.31. The molecule has 2 aromatic rings. The van der Waals surface area contributed by atoms with Crippen molar-refractivity contribution >= 4 is 16.9 Å². The molecule has 11 heteroatoms. The van der Waals surface area contributed by atoms with Gasteiger partial charge in [-0.15, -0.1) is 0 Å². The lowest BCUT2D eigenvalue weighted by atomic mass is 9.99. The van der Waals surface area contributed by atoms with E-state index in [-0.39, 0.29) is 6.61 Å². The lowest BCUT2D eigenvalue weighted by Crippen LogP contribution is -2.59. The lowest BCUT2D eigenvalue weighted by Gasteiger charge is -2.39. The van der Waals surface area contributed by atoms with Gasteiger partial charge in [-0.2, -0.15) is 0 Å². The van der Waals surface area contributed by atoms with Crippen LogP contribution in [-0.4, -0.2) is 95.6 Å². The predicted octanol–water partition coefficient (Wildman–Crippen LogP) is 0.152. The molecule has 1 aliphatic rings. The van der Waals surface area contributed by atoms with Gasteiger partial charge in [0.1, 0.15) is 42.5 Å². The van der Waals surface area contributed by atoms with Gasteiger partial charge >= 0.3 is 5.97 Å². The van der Waals surface area contributed by atoms with Gasteiger partial charge < -0.3 is 44.1 Å². The lowest BCUT2D eigenvalue weighted by molar-refractivity contribution is -0.294. The summed E-state index contributed by atoms with van der Waals surface area (Å²) in [6, 6.07) is 7.41. The smallest absolute Gasteiger partial charge is 0.332 e. The van der Waals surface area contributed by atoms with Crippen molar-refractivity contribution in [3.63, 3.8) is 0 Å². The van der Waals surface area contributed by atoms with Crippen LogP contribution in [0.1, 0.15) is 19.3 Å². The summed E-state index contributed by atoms with van der Waals surface area (Å²) in [5.41, 5.74) is 0.785. The molecule has 1 aromatic carbocycles. The van der Waals surface area contributed by atoms with Crippen LogP contribution in [-0.2, 0) is 19.0 Å². The Bertz CT molecular complexity index is 926. The van der Waals surface area contributed by atoms with E-state index in [1.807, 2.05) is 24.3 Å². The summed E-state index contributed by atoms with van der Waals surface area (Å²) in [6.07, 6.45) is -3.20. The third-order valence-electron chi connectivity index (χ3n) is 5.45. The molecule has 34 heavy (non-hydrogen) atoms. The number of methoxy groups -OCH3 is 1. The van der Waals surface area contributed by atoms with Crippen molar-refractivity contribution in [3.05, 3.63) is 30.5 Å². The maximum atomic E-state index is 11.9. The molecule has 0 radical (unpaired) electrons. The number of unbranched alkanes of at least 4 members (excludes halogenated alkanes) is 2. The molecule has 2 heterocycles. The minimum Gasteiger partial charge on any atom is -0.497 e. The van der Waals surface area contributed by atoms with E-state index in [9.17, 15) is 20.1 Å². The minimum absolute atomic E-state index is 0.181. The molecule has 1 fully saturated rings. The molecule has 1 aromatic heterocycles. The van der Waals surface area contributed by atoms with Crippen molar-refractivity contribution in [2.24, 2.45) is 0 Å². The maximum absolute atomic E-state index is 11.9. The van der Waals surface area contributed by atoms with Crippen LogP contribution in [0.25, 0.3) is 10.9 Å². The number of fused-ring (bicyclic) bond motifs is 1. The largest absolute Gasteiger partial charge is 0.497 e. The zero-order chi connectivity index (χ0) is 24.5. The predicted molar refractivity (Wildman–Crippen MR) is 118 cm³/mol. The Hall–Kier alpha value is -2.54. The zero-order valence-electron chi connectivity index (χ0n) is 18.9. The van der Waals surface area contributed by atoms with E-state index in [4.69, 9.17) is 28.8 Å². The number of carbonyl (C=O) groups is 1. The third kappa shape index (κ3) is 6.75. The van der Waals surface area contributed by atoms with Gasteiger partial charge in [0.25, 0.3) is 0 Å². The molecule has 4 N–H and O–H groups in total. The molecular formula is C23H31NO10. The van der Waals surface area contributed by atoms with Crippen LogP contribution in [0.3, 0.4) is 0 Å². The first-order valence-corrected chi connectivity index (χ1v) is 11.1. The summed E-state index contributed by atoms with van der Waals surface area (Å²) >= 11 is 0. The van der Waals surface area contributed by atoms with Gasteiger partial charge in [-0.25, -0.2) is 4.79 Å². The molecule has 0 aliphatic carbocycles. The highest BCUT2D eigenvalue weighted by atomic mass is 16.7. The second kappa shape index (κ2) is 12.8. The number of pyridine rings is 1. The van der Waals surface area contributed by atoms with Crippen LogP contribution in [0.15, 0.2) is 30.5 Å². The van der Waals surface area contributed by atoms with E-state index < -0.39 is 49.9 Å². The Labute approximate surface area is 196 Å². The molecule has 11 nitrogen and oxygen atoms in total. The number of ether oxygens (including phenoxy) is 5. The van der Waals surface area contributed by atoms with Crippen LogP contribution in [0.4, 0.5) is 0 Å². The fourth-order valence-corrected chi connectivity index (χ4v) is 3.57. The number of carbonyl (C=O) groups excluding carboxylic acids is 1. The summed E-state index contributed by atoms with van der Waals surface area (Å²) in [6.45, 7) is -0.422. The number of aromatic nitrogens is 1. The number of nitrogens with zero attached hydrogens (tertiary/aromatic N) is 1. The first-order chi connectivity index (χ1) is 16.4. The van der Waals surface area contributed by atoms with Crippen LogP contribution < -0.4 is 9.47 Å². The van der Waals surface area contributed by atoms with Crippen molar-refractivity contribution < 1.29 is 48.9 Å². The molecule has 3 rings (SSSR count). The first kappa shape index (κ1) is 26.1. The highest BCUT2D eigenvalue weighted by Gasteiger charge is 2.44. The van der Waals surface area contributed by atoms with Gasteiger partial charge in [0, 0.05) is 17.6 Å². The molecule has 1 aliphatic heterocycles. The van der Waals surface area contributed by atoms with Crippen molar-refractivity contribution in [3.8, 4) is 11.5 Å². The van der Waals surface area contributed by atoms with Crippen molar-refractivity contribution in [1.82, 2.24) is 4.98 Å². The molecule has 0 spiro atoms. The average Bonchev–Trinajstić information content (AvgIpc) is 2.85. The molecule has 1 unspecified atom stereocenters. The minimum atomic E-state index is -1.64. The van der Waals surface area contributed by atoms with Crippen LogP contribution in [0.5, 0.6) is 11.5 Å². The summed E-state index contributed by atoms with van der Waals surface area (Å²) in [7, 11) is 1.60. The number of aliphatic hydroxyl groups is 4. The summed E-state index contributed by atoms with van der Waals surface area (Å²) < 4.78 is 26.2. The zero-order valence-corrected chi connectivity index (χ0v) is 18.9. The van der Waals surface area contributed by atoms with Crippen LogP contribution >= 0.6 is 0 Å². The fraction of sp³-hybridized carbons (Fsp3) is 0.565. The Kier molecular flexibility index (Phi) is 9.81. The van der Waals surface area contributed by atoms with E-state index in [2.05, 4.69) is 4.98 Å². The molecule has 0 bridgehead atoms. The second-order valence-electron chi connectivity index (χ2n) is 7.83. The summed E-state index contributed by atoms with van der Waals surface area (Å²) in [5, 5.41) is 39.6. The monoisotopic (exact) mass is 481 g/mol. The van der Waals surface area contributed by atoms with Gasteiger partial charge in [-0.05, 0) is 37.5 Å². The first-order valence-electron chi connectivity index (χ1n) is 11.1. The van der Waals surface area contributed by atoms with Gasteiger partial charge in [0.05, 0.1) is 32.4 Å². The van der Waals surface area contributed by atoms with Crippen molar-refractivity contribution in [2.75, 3.05) is 33.5 Å². The fourth-order valence-electron chi connectivity index (χ4n) is 3.57. The van der Waals surface area contributed by atoms with Crippen molar-refractivity contribution in [2.45, 2.75) is 50.0 Å². The number of benzene rings is 1. The number of aliphatic hydroxyl groups excluding tert-OH is 4. The van der Waals surface area contributed by atoms with Gasteiger partial charge in [-0.3, -0.25) is 4.98 Å². The van der Waals surface area contributed by atoms with E-state index in [1.165, 1.54) is 0 Å². The standard InChI is InChI=1S/C23H31NO10/c1-30-14-5-6-15-16(11-14)24-8-7-17(15)31-9-3-2-4-10-32-19(26)13-33-22-20(27)18(12-25)34-23(29)21(22)28/h5-8,11,18,20-23,25,27-29H,2-4,9-10,12-13H2,1H3/t18-,20-,21-,22+,23?/m1/s1. The summed E-state index contributed by atoms with van der Waals surface area (Å²) in [4.78, 5) is 16.2. The summed E-state index contributed by atoms with van der Waals surface area (Å²) in [5.74, 6) is 0.794. The maximum Gasteiger partial charge on any atom is 0.332 e. The molecule has 0 saturated carbocycles. The molecule has 0 amide bonds. The molecule has 1 saturated heterocycles. The third-order valence-corrected chi connectivity index (χ3v) is 5.45. The van der Waals surface area contributed by atoms with Gasteiger partial charge in [-0.1, -0.05) is 0 Å². The number of esters is 1. The number of hydrogen-bond acceptors (Lipinski definition) is 11. The van der Waals surface area contributed by atoms with Gasteiger partial charge in [0.2, 0.25) is 0 Å². The molecule has 5 atom stereocenters. The van der Waals surface area contributed by atoms with E-state index in [0.717, 1.165) is 35.2 Å². The number of hydrogen-bond donors (Lipinski definition) is 4. The number of rotatable bonds is 12. The Morgan fingerprint density at radius 2 is 1.88 bits per heavy atom. The molecular weight excluding hydrogens is 450 g/mol.